The number of halogens is 3. The maximum Gasteiger partial charge on any atom is 0.433 e. The Kier molecular flexibility index (Phi) is 7.30. The second-order valence-electron chi connectivity index (χ2n) is 9.00. The predicted molar refractivity (Wildman–Crippen MR) is 129 cm³/mol. The van der Waals surface area contributed by atoms with Crippen LogP contribution in [0.2, 0.25) is 0 Å². The van der Waals surface area contributed by atoms with E-state index in [-0.39, 0.29) is 12.0 Å². The summed E-state index contributed by atoms with van der Waals surface area (Å²) in [6, 6.07) is 6.15. The Labute approximate surface area is 209 Å². The minimum atomic E-state index is -4.57. The van der Waals surface area contributed by atoms with Crippen LogP contribution in [0, 0.1) is 6.92 Å². The Bertz CT molecular complexity index is 1240. The van der Waals surface area contributed by atoms with Crippen LogP contribution in [0.5, 0.6) is 0 Å². The minimum Gasteiger partial charge on any atom is -0.384 e. The number of thiazole rings is 1. The minimum absolute atomic E-state index is 0.115. The molecule has 8 nitrogen and oxygen atoms in total. The summed E-state index contributed by atoms with van der Waals surface area (Å²) in [6.45, 7) is 3.27. The van der Waals surface area contributed by atoms with Crippen LogP contribution >= 0.6 is 11.3 Å². The molecule has 3 aromatic rings. The molecule has 0 radical (unpaired) electrons. The van der Waals surface area contributed by atoms with E-state index >= 15 is 0 Å². The summed E-state index contributed by atoms with van der Waals surface area (Å²) < 4.78 is 38.9. The van der Waals surface area contributed by atoms with Crippen LogP contribution in [0.25, 0.3) is 10.4 Å². The molecule has 1 aliphatic carbocycles. The molecule has 1 fully saturated rings. The highest BCUT2D eigenvalue weighted by molar-refractivity contribution is 7.15. The average Bonchev–Trinajstić information content (AvgIpc) is 3.31. The summed E-state index contributed by atoms with van der Waals surface area (Å²) in [7, 11) is 0. The molecule has 0 aliphatic heterocycles. The van der Waals surface area contributed by atoms with Gasteiger partial charge in [0, 0.05) is 24.1 Å². The third-order valence-corrected chi connectivity index (χ3v) is 7.25. The Morgan fingerprint density at radius 1 is 1.22 bits per heavy atom. The first-order valence-electron chi connectivity index (χ1n) is 11.4. The maximum absolute atomic E-state index is 13.0. The van der Waals surface area contributed by atoms with Gasteiger partial charge in [0.2, 0.25) is 11.9 Å². The smallest absolute Gasteiger partial charge is 0.384 e. The Balaban J connectivity index is 1.49. The van der Waals surface area contributed by atoms with Crippen molar-refractivity contribution in [3.8, 4) is 10.4 Å². The van der Waals surface area contributed by atoms with Gasteiger partial charge >= 0.3 is 6.18 Å². The van der Waals surface area contributed by atoms with E-state index in [1.807, 2.05) is 13.0 Å². The van der Waals surface area contributed by atoms with Gasteiger partial charge in [-0.3, -0.25) is 4.79 Å². The molecule has 2 aromatic heterocycles. The molecule has 1 aromatic carbocycles. The number of aryl methyl sites for hydroxylation is 1. The zero-order chi connectivity index (χ0) is 26.1. The van der Waals surface area contributed by atoms with E-state index < -0.39 is 29.5 Å². The second kappa shape index (κ2) is 10.1. The highest BCUT2D eigenvalue weighted by Crippen LogP contribution is 2.41. The number of nitrogens with zero attached hydrogens (tertiary/aromatic N) is 3. The van der Waals surface area contributed by atoms with Crippen molar-refractivity contribution in [1.82, 2.24) is 20.3 Å². The standard InChI is InChI=1S/C24H26F3N5O3S/c1-13-9-15(11-17(10-13)31-22-28-8-5-19(32-22)24(25,26)27)18-12-29-21(36-18)23(35)6-3-16(4-7-23)30-20(34)14(2)33/h5,8-12,14,16,33,35H,3-4,6-7H2,1-2H3,(H,30,34)(H,28,31,32)/t14-,16-,23+/m0/s1. The maximum atomic E-state index is 13.0. The molecule has 0 unspecified atom stereocenters. The zero-order valence-electron chi connectivity index (χ0n) is 19.6. The highest BCUT2D eigenvalue weighted by Gasteiger charge is 2.38. The van der Waals surface area contributed by atoms with Gasteiger partial charge in [-0.15, -0.1) is 11.3 Å². The SMILES string of the molecule is Cc1cc(Nc2nccc(C(F)(F)F)n2)cc(-c2cnc([C@]3(O)CC[C@@H](NC(=O)[C@H](C)O)CC3)s2)c1. The summed E-state index contributed by atoms with van der Waals surface area (Å²) in [5.74, 6) is -0.596. The van der Waals surface area contributed by atoms with Crippen LogP contribution in [0.4, 0.5) is 24.8 Å². The van der Waals surface area contributed by atoms with Crippen molar-refractivity contribution in [3.05, 3.63) is 52.9 Å². The number of rotatable bonds is 6. The molecule has 0 bridgehead atoms. The van der Waals surface area contributed by atoms with Gasteiger partial charge in [-0.2, -0.15) is 13.2 Å². The van der Waals surface area contributed by atoms with Crippen molar-refractivity contribution in [3.63, 3.8) is 0 Å². The van der Waals surface area contributed by atoms with Crippen molar-refractivity contribution in [2.45, 2.75) is 63.5 Å². The van der Waals surface area contributed by atoms with Gasteiger partial charge in [-0.1, -0.05) is 6.07 Å². The average molecular weight is 522 g/mol. The molecule has 36 heavy (non-hydrogen) atoms. The molecule has 1 atom stereocenters. The van der Waals surface area contributed by atoms with Gasteiger partial charge < -0.3 is 20.8 Å². The van der Waals surface area contributed by atoms with Gasteiger partial charge in [0.1, 0.15) is 22.4 Å². The van der Waals surface area contributed by atoms with Crippen molar-refractivity contribution in [2.75, 3.05) is 5.32 Å². The molecular weight excluding hydrogens is 495 g/mol. The monoisotopic (exact) mass is 521 g/mol. The molecule has 2 heterocycles. The third kappa shape index (κ3) is 6.00. The number of nitrogens with one attached hydrogen (secondary N) is 2. The first kappa shape index (κ1) is 26.0. The highest BCUT2D eigenvalue weighted by atomic mass is 32.1. The van der Waals surface area contributed by atoms with Gasteiger partial charge in [-0.25, -0.2) is 15.0 Å². The summed E-state index contributed by atoms with van der Waals surface area (Å²) >= 11 is 1.34. The number of carbonyl (C=O) groups is 1. The van der Waals surface area contributed by atoms with Crippen LogP contribution in [-0.2, 0) is 16.6 Å². The molecular formula is C24H26F3N5O3S. The fourth-order valence-electron chi connectivity index (χ4n) is 4.10. The normalized spacial score (nSPS) is 21.1. The molecule has 4 rings (SSSR count). The largest absolute Gasteiger partial charge is 0.433 e. The lowest BCUT2D eigenvalue weighted by atomic mass is 9.82. The number of carbonyl (C=O) groups excluding carboxylic acids is 1. The molecule has 192 valence electrons. The number of aliphatic hydroxyl groups is 2. The predicted octanol–water partition coefficient (Wildman–Crippen LogP) is 4.30. The quantitative estimate of drug-likeness (QED) is 0.382. The molecule has 1 amide bonds. The van der Waals surface area contributed by atoms with Gasteiger partial charge in [0.25, 0.3) is 0 Å². The molecule has 12 heteroatoms. The number of hydrogen-bond donors (Lipinski definition) is 4. The number of hydrogen-bond acceptors (Lipinski definition) is 8. The fraction of sp³-hybridized carbons (Fsp3) is 0.417. The first-order valence-corrected chi connectivity index (χ1v) is 12.2. The van der Waals surface area contributed by atoms with Crippen LogP contribution in [0.15, 0.2) is 36.7 Å². The van der Waals surface area contributed by atoms with Crippen LogP contribution in [0.3, 0.4) is 0 Å². The summed E-state index contributed by atoms with van der Waals surface area (Å²) in [6.07, 6.45) is -0.997. The van der Waals surface area contributed by atoms with Crippen LogP contribution in [-0.4, -0.2) is 43.2 Å². The van der Waals surface area contributed by atoms with E-state index in [2.05, 4.69) is 25.6 Å². The summed E-state index contributed by atoms with van der Waals surface area (Å²) in [5, 5.41) is 26.8. The molecule has 1 saturated carbocycles. The number of aliphatic hydroxyl groups excluding tert-OH is 1. The fourth-order valence-corrected chi connectivity index (χ4v) is 5.15. The summed E-state index contributed by atoms with van der Waals surface area (Å²) in [5.41, 5.74) is 0.0200. The Morgan fingerprint density at radius 2 is 1.94 bits per heavy atom. The third-order valence-electron chi connectivity index (χ3n) is 6.01. The summed E-state index contributed by atoms with van der Waals surface area (Å²) in [4.78, 5) is 24.4. The van der Waals surface area contributed by atoms with E-state index in [1.165, 1.54) is 18.3 Å². The van der Waals surface area contributed by atoms with Crippen molar-refractivity contribution in [1.29, 1.82) is 0 Å². The van der Waals surface area contributed by atoms with Gasteiger partial charge in [0.15, 0.2) is 0 Å². The zero-order valence-corrected chi connectivity index (χ0v) is 20.5. The topological polar surface area (TPSA) is 120 Å². The number of anilines is 2. The number of alkyl halides is 3. The number of aromatic nitrogens is 3. The molecule has 0 spiro atoms. The van der Waals surface area contributed by atoms with E-state index in [1.54, 1.807) is 18.3 Å². The van der Waals surface area contributed by atoms with E-state index in [4.69, 9.17) is 0 Å². The second-order valence-corrected chi connectivity index (χ2v) is 10.0. The molecule has 1 aliphatic rings. The van der Waals surface area contributed by atoms with Gasteiger partial charge in [0.05, 0.1) is 4.88 Å². The van der Waals surface area contributed by atoms with Crippen molar-refractivity contribution < 1.29 is 28.2 Å². The Hall–Kier alpha value is -3.09. The lowest BCUT2D eigenvalue weighted by molar-refractivity contribution is -0.141. The Morgan fingerprint density at radius 3 is 2.61 bits per heavy atom. The van der Waals surface area contributed by atoms with E-state index in [0.717, 1.165) is 28.3 Å². The van der Waals surface area contributed by atoms with Gasteiger partial charge in [-0.05, 0) is 68.9 Å². The van der Waals surface area contributed by atoms with Crippen molar-refractivity contribution >= 4 is 28.9 Å². The first-order chi connectivity index (χ1) is 16.9. The lowest BCUT2D eigenvalue weighted by Crippen LogP contribution is -2.45. The number of amides is 1. The van der Waals surface area contributed by atoms with Crippen molar-refractivity contribution in [2.24, 2.45) is 0 Å². The number of benzene rings is 1. The van der Waals surface area contributed by atoms with Crippen LogP contribution < -0.4 is 10.6 Å². The van der Waals surface area contributed by atoms with E-state index in [0.29, 0.717) is 36.4 Å². The van der Waals surface area contributed by atoms with E-state index in [9.17, 15) is 28.2 Å². The van der Waals surface area contributed by atoms with Crippen LogP contribution in [0.1, 0.15) is 48.9 Å². The molecule has 4 N–H and O–H groups in total. The molecule has 0 saturated heterocycles. The lowest BCUT2D eigenvalue weighted by Gasteiger charge is -2.35.